The van der Waals surface area contributed by atoms with Crippen molar-refractivity contribution in [2.24, 2.45) is 0 Å². The highest BCUT2D eigenvalue weighted by molar-refractivity contribution is 5.97. The Labute approximate surface area is 190 Å². The number of ketones is 1. The second-order valence-corrected chi connectivity index (χ2v) is 7.49. The topological polar surface area (TPSA) is 74.5 Å². The number of benzene rings is 3. The highest BCUT2D eigenvalue weighted by Gasteiger charge is 2.11. The average molecular weight is 436 g/mol. The number of Topliss-reactive ketones (excluding diaryl/α,β-unsaturated/α-hetero) is 1. The lowest BCUT2D eigenvalue weighted by atomic mass is 10.1. The van der Waals surface area contributed by atoms with Gasteiger partial charge in [-0.2, -0.15) is 0 Å². The summed E-state index contributed by atoms with van der Waals surface area (Å²) in [5, 5.41) is 0. The first-order valence-corrected chi connectivity index (χ1v) is 10.5. The van der Waals surface area contributed by atoms with Crippen molar-refractivity contribution in [2.75, 3.05) is 0 Å². The van der Waals surface area contributed by atoms with E-state index in [2.05, 4.69) is 9.97 Å². The maximum absolute atomic E-state index is 11.6. The van der Waals surface area contributed by atoms with Crippen molar-refractivity contribution in [3.63, 3.8) is 0 Å². The van der Waals surface area contributed by atoms with E-state index in [-0.39, 0.29) is 5.78 Å². The molecule has 0 spiro atoms. The molecule has 0 saturated carbocycles. The average Bonchev–Trinajstić information content (AvgIpc) is 3.28. The van der Waals surface area contributed by atoms with E-state index in [1.807, 2.05) is 60.7 Å². The molecule has 33 heavy (non-hydrogen) atoms. The Balaban J connectivity index is 1.28. The summed E-state index contributed by atoms with van der Waals surface area (Å²) in [5.74, 6) is 2.19. The highest BCUT2D eigenvalue weighted by Crippen LogP contribution is 2.28. The third kappa shape index (κ3) is 4.75. The van der Waals surface area contributed by atoms with Gasteiger partial charge in [0.15, 0.2) is 11.4 Å². The van der Waals surface area contributed by atoms with Gasteiger partial charge >= 0.3 is 0 Å². The molecule has 5 aromatic rings. The summed E-state index contributed by atoms with van der Waals surface area (Å²) >= 11 is 0. The zero-order chi connectivity index (χ0) is 22.6. The van der Waals surface area contributed by atoms with Crippen molar-refractivity contribution in [3.8, 4) is 28.8 Å². The first kappa shape index (κ1) is 20.5. The van der Waals surface area contributed by atoms with Gasteiger partial charge in [0, 0.05) is 23.9 Å². The number of carbonyl (C=O) groups excluding carboxylic acids is 1. The predicted octanol–water partition coefficient (Wildman–Crippen LogP) is 6.46. The van der Waals surface area contributed by atoms with Crippen LogP contribution in [0.3, 0.4) is 0 Å². The lowest BCUT2D eigenvalue weighted by Crippen LogP contribution is -1.95. The zero-order valence-corrected chi connectivity index (χ0v) is 17.9. The van der Waals surface area contributed by atoms with Gasteiger partial charge in [0.05, 0.1) is 5.56 Å². The Morgan fingerprint density at radius 1 is 0.909 bits per heavy atom. The summed E-state index contributed by atoms with van der Waals surface area (Å²) in [6.07, 6.45) is 1.64. The molecule has 0 aliphatic carbocycles. The normalized spacial score (nSPS) is 10.8. The first-order chi connectivity index (χ1) is 16.1. The first-order valence-electron chi connectivity index (χ1n) is 10.5. The highest BCUT2D eigenvalue weighted by atomic mass is 16.5. The fourth-order valence-electron chi connectivity index (χ4n) is 3.32. The van der Waals surface area contributed by atoms with Crippen LogP contribution < -0.4 is 9.47 Å². The molecule has 0 amide bonds. The summed E-state index contributed by atoms with van der Waals surface area (Å²) in [6.45, 7) is 2.00. The molecule has 0 atom stereocenters. The Morgan fingerprint density at radius 3 is 2.55 bits per heavy atom. The largest absolute Gasteiger partial charge is 0.489 e. The van der Waals surface area contributed by atoms with E-state index >= 15 is 0 Å². The molecule has 0 aliphatic rings. The molecule has 0 radical (unpaired) electrons. The second-order valence-electron chi connectivity index (χ2n) is 7.49. The lowest BCUT2D eigenvalue weighted by molar-refractivity contribution is 0.101. The molecule has 5 rings (SSSR count). The number of rotatable bonds is 7. The smallest absolute Gasteiger partial charge is 0.228 e. The van der Waals surface area contributed by atoms with Gasteiger partial charge in [-0.15, -0.1) is 0 Å². The predicted molar refractivity (Wildman–Crippen MR) is 125 cm³/mol. The van der Waals surface area contributed by atoms with E-state index in [1.54, 1.807) is 30.5 Å². The van der Waals surface area contributed by atoms with Crippen molar-refractivity contribution in [1.82, 2.24) is 9.97 Å². The van der Waals surface area contributed by atoms with Crippen LogP contribution in [0, 0.1) is 0 Å². The van der Waals surface area contributed by atoms with Gasteiger partial charge in [0.2, 0.25) is 11.8 Å². The van der Waals surface area contributed by atoms with E-state index < -0.39 is 0 Å². The number of hydrogen-bond donors (Lipinski definition) is 0. The van der Waals surface area contributed by atoms with Crippen LogP contribution in [0.15, 0.2) is 95.5 Å². The van der Waals surface area contributed by atoms with Gasteiger partial charge in [-0.3, -0.25) is 4.79 Å². The van der Waals surface area contributed by atoms with Crippen LogP contribution in [0.4, 0.5) is 0 Å². The quantitative estimate of drug-likeness (QED) is 0.272. The molecular formula is C27H20N2O4. The van der Waals surface area contributed by atoms with Gasteiger partial charge in [-0.25, -0.2) is 9.97 Å². The second kappa shape index (κ2) is 8.96. The maximum Gasteiger partial charge on any atom is 0.228 e. The summed E-state index contributed by atoms with van der Waals surface area (Å²) in [4.78, 5) is 20.4. The molecule has 0 N–H and O–H groups in total. The Hall–Kier alpha value is -4.45. The molecule has 0 aliphatic heterocycles. The van der Waals surface area contributed by atoms with Crippen LogP contribution >= 0.6 is 0 Å². The van der Waals surface area contributed by atoms with Crippen LogP contribution in [0.25, 0.3) is 22.6 Å². The molecule has 0 unspecified atom stereocenters. The van der Waals surface area contributed by atoms with Crippen molar-refractivity contribution < 1.29 is 18.7 Å². The number of nitrogens with zero attached hydrogens (tertiary/aromatic N) is 2. The number of hydrogen-bond acceptors (Lipinski definition) is 6. The SMILES string of the molecule is CC(=O)c1ccc2nc(-c3ccc(Oc4cccc(OCc5ccccc5)c4)nc3)oc2c1. The molecule has 0 saturated heterocycles. The fourth-order valence-corrected chi connectivity index (χ4v) is 3.32. The lowest BCUT2D eigenvalue weighted by Gasteiger charge is -2.09. The van der Waals surface area contributed by atoms with E-state index in [4.69, 9.17) is 13.9 Å². The third-order valence-corrected chi connectivity index (χ3v) is 5.05. The van der Waals surface area contributed by atoms with Crippen molar-refractivity contribution in [2.45, 2.75) is 13.5 Å². The van der Waals surface area contributed by atoms with Crippen molar-refractivity contribution in [3.05, 3.63) is 102 Å². The Morgan fingerprint density at radius 2 is 1.76 bits per heavy atom. The number of oxazole rings is 1. The summed E-state index contributed by atoms with van der Waals surface area (Å²) in [5.41, 5.74) is 3.63. The minimum Gasteiger partial charge on any atom is -0.489 e. The van der Waals surface area contributed by atoms with Crippen LogP contribution in [0.1, 0.15) is 22.8 Å². The number of fused-ring (bicyclic) bond motifs is 1. The van der Waals surface area contributed by atoms with Gasteiger partial charge in [-0.05, 0) is 48.9 Å². The van der Waals surface area contributed by atoms with Crippen LogP contribution in [0.2, 0.25) is 0 Å². The van der Waals surface area contributed by atoms with E-state index in [9.17, 15) is 4.79 Å². The fraction of sp³-hybridized carbons (Fsp3) is 0.0741. The van der Waals surface area contributed by atoms with Crippen LogP contribution in [-0.2, 0) is 6.61 Å². The molecule has 162 valence electrons. The van der Waals surface area contributed by atoms with Crippen molar-refractivity contribution >= 4 is 16.9 Å². The minimum atomic E-state index is -0.0208. The number of ether oxygens (including phenoxy) is 2. The molecule has 2 heterocycles. The molecule has 3 aromatic carbocycles. The van der Waals surface area contributed by atoms with E-state index in [0.29, 0.717) is 52.1 Å². The number of carbonyl (C=O) groups is 1. The molecule has 0 fully saturated rings. The molecule has 0 bridgehead atoms. The van der Waals surface area contributed by atoms with Gasteiger partial charge in [-0.1, -0.05) is 36.4 Å². The molecule has 6 nitrogen and oxygen atoms in total. The number of pyridine rings is 1. The standard InChI is InChI=1S/C27H20N2O4/c1-18(30)20-10-12-24-25(14-20)33-27(29-24)21-11-13-26(28-16-21)32-23-9-5-8-22(15-23)31-17-19-6-3-2-4-7-19/h2-16H,17H2,1H3. The van der Waals surface area contributed by atoms with Gasteiger partial charge in [0.25, 0.3) is 0 Å². The number of aromatic nitrogens is 2. The van der Waals surface area contributed by atoms with Crippen molar-refractivity contribution in [1.29, 1.82) is 0 Å². The third-order valence-electron chi connectivity index (χ3n) is 5.05. The molecule has 6 heteroatoms. The van der Waals surface area contributed by atoms with E-state index in [0.717, 1.165) is 5.56 Å². The summed E-state index contributed by atoms with van der Waals surface area (Å²) in [7, 11) is 0. The summed E-state index contributed by atoms with van der Waals surface area (Å²) < 4.78 is 17.6. The minimum absolute atomic E-state index is 0.0208. The maximum atomic E-state index is 11.6. The van der Waals surface area contributed by atoms with Crippen LogP contribution in [0.5, 0.6) is 17.4 Å². The molecule has 2 aromatic heterocycles. The zero-order valence-electron chi connectivity index (χ0n) is 17.9. The Kier molecular flexibility index (Phi) is 5.55. The summed E-state index contributed by atoms with van der Waals surface area (Å²) in [6, 6.07) is 26.2. The molecular weight excluding hydrogens is 416 g/mol. The monoisotopic (exact) mass is 436 g/mol. The van der Waals surface area contributed by atoms with Crippen LogP contribution in [-0.4, -0.2) is 15.8 Å². The van der Waals surface area contributed by atoms with Gasteiger partial charge < -0.3 is 13.9 Å². The van der Waals surface area contributed by atoms with Gasteiger partial charge in [0.1, 0.15) is 23.6 Å². The Bertz CT molecular complexity index is 1410. The van der Waals surface area contributed by atoms with E-state index in [1.165, 1.54) is 6.92 Å².